The van der Waals surface area contributed by atoms with E-state index in [2.05, 4.69) is 10.6 Å². The minimum Gasteiger partial charge on any atom is -0.323 e. The minimum atomic E-state index is -0.847. The molecule has 2 N–H and O–H groups in total. The van der Waals surface area contributed by atoms with Gasteiger partial charge in [-0.3, -0.25) is 14.5 Å². The quantitative estimate of drug-likeness (QED) is 0.823. The molecule has 1 heterocycles. The number of anilines is 1. The number of para-hydroxylation sites is 1. The van der Waals surface area contributed by atoms with Gasteiger partial charge in [-0.15, -0.1) is 0 Å². The van der Waals surface area contributed by atoms with Crippen LogP contribution in [0.5, 0.6) is 0 Å². The van der Waals surface area contributed by atoms with Gasteiger partial charge in [0, 0.05) is 0 Å². The molecule has 0 aromatic heterocycles. The van der Waals surface area contributed by atoms with Gasteiger partial charge in [-0.05, 0) is 30.9 Å². The molecule has 24 heavy (non-hydrogen) atoms. The number of nitrogens with zero attached hydrogens (tertiary/aromatic N) is 1. The third kappa shape index (κ3) is 2.86. The van der Waals surface area contributed by atoms with Crippen molar-refractivity contribution in [2.75, 3.05) is 11.9 Å². The molecule has 4 amide bonds. The average molecular weight is 350 g/mol. The molecule has 1 aromatic rings. The molecule has 3 rings (SSSR count). The molecule has 1 aromatic carbocycles. The Labute approximate surface area is 145 Å². The summed E-state index contributed by atoms with van der Waals surface area (Å²) in [5.41, 5.74) is -0.392. The summed E-state index contributed by atoms with van der Waals surface area (Å²) in [7, 11) is 0. The summed E-state index contributed by atoms with van der Waals surface area (Å²) in [6, 6.07) is 6.32. The van der Waals surface area contributed by atoms with Crippen molar-refractivity contribution in [2.24, 2.45) is 5.92 Å². The van der Waals surface area contributed by atoms with Gasteiger partial charge in [0.15, 0.2) is 0 Å². The van der Waals surface area contributed by atoms with Crippen LogP contribution >= 0.6 is 11.6 Å². The molecule has 0 bridgehead atoms. The van der Waals surface area contributed by atoms with E-state index in [1.165, 1.54) is 0 Å². The van der Waals surface area contributed by atoms with Crippen LogP contribution in [-0.2, 0) is 9.59 Å². The Morgan fingerprint density at radius 3 is 2.83 bits per heavy atom. The maximum absolute atomic E-state index is 12.8. The summed E-state index contributed by atoms with van der Waals surface area (Å²) < 4.78 is 0. The van der Waals surface area contributed by atoms with Crippen LogP contribution in [0.2, 0.25) is 5.02 Å². The smallest absolute Gasteiger partial charge is 0.323 e. The molecule has 1 aliphatic heterocycles. The summed E-state index contributed by atoms with van der Waals surface area (Å²) in [5.74, 6) is -0.680. The van der Waals surface area contributed by atoms with Gasteiger partial charge in [0.25, 0.3) is 5.91 Å². The Morgan fingerprint density at radius 2 is 2.12 bits per heavy atom. The fourth-order valence-corrected chi connectivity index (χ4v) is 3.72. The average Bonchev–Trinajstić information content (AvgIpc) is 2.78. The van der Waals surface area contributed by atoms with Crippen molar-refractivity contribution in [3.63, 3.8) is 0 Å². The van der Waals surface area contributed by atoms with Crippen LogP contribution in [0.15, 0.2) is 24.3 Å². The van der Waals surface area contributed by atoms with E-state index in [0.717, 1.165) is 24.2 Å². The first kappa shape index (κ1) is 16.8. The predicted molar refractivity (Wildman–Crippen MR) is 90.7 cm³/mol. The maximum atomic E-state index is 12.8. The Morgan fingerprint density at radius 1 is 1.38 bits per heavy atom. The van der Waals surface area contributed by atoms with Gasteiger partial charge in [0.2, 0.25) is 5.91 Å². The van der Waals surface area contributed by atoms with E-state index in [-0.39, 0.29) is 18.4 Å². The second-order valence-corrected chi connectivity index (χ2v) is 6.87. The van der Waals surface area contributed by atoms with Crippen LogP contribution in [-0.4, -0.2) is 34.8 Å². The summed E-state index contributed by atoms with van der Waals surface area (Å²) in [6.07, 6.45) is 3.47. The molecule has 1 saturated heterocycles. The molecular formula is C17H20ClN3O3. The SMILES string of the molecule is C[C@@H]1CCCC[C@@]12NC(=O)N(CC(=O)Nc1ccccc1Cl)C2=O. The lowest BCUT2D eigenvalue weighted by molar-refractivity contribution is -0.136. The van der Waals surface area contributed by atoms with Crippen LogP contribution in [0.3, 0.4) is 0 Å². The minimum absolute atomic E-state index is 0.0688. The van der Waals surface area contributed by atoms with Crippen LogP contribution in [0.4, 0.5) is 10.5 Å². The first-order valence-electron chi connectivity index (χ1n) is 8.12. The van der Waals surface area contributed by atoms with E-state index in [1.807, 2.05) is 6.92 Å². The van der Waals surface area contributed by atoms with E-state index in [0.29, 0.717) is 17.1 Å². The summed E-state index contributed by atoms with van der Waals surface area (Å²) >= 11 is 6.00. The lowest BCUT2D eigenvalue weighted by Crippen LogP contribution is -2.54. The van der Waals surface area contributed by atoms with Crippen molar-refractivity contribution in [3.05, 3.63) is 29.3 Å². The number of carbonyl (C=O) groups is 3. The van der Waals surface area contributed by atoms with Gasteiger partial charge in [-0.1, -0.05) is 43.5 Å². The number of urea groups is 1. The number of imide groups is 1. The Hall–Kier alpha value is -2.08. The van der Waals surface area contributed by atoms with Gasteiger partial charge < -0.3 is 10.6 Å². The highest BCUT2D eigenvalue weighted by atomic mass is 35.5. The van der Waals surface area contributed by atoms with E-state index in [9.17, 15) is 14.4 Å². The lowest BCUT2D eigenvalue weighted by Gasteiger charge is -2.36. The molecule has 1 aliphatic carbocycles. The highest BCUT2D eigenvalue weighted by molar-refractivity contribution is 6.33. The standard InChI is InChI=1S/C17H20ClN3O3/c1-11-6-4-5-9-17(11)15(23)21(16(24)20-17)10-14(22)19-13-8-3-2-7-12(13)18/h2-3,7-8,11H,4-6,9-10H2,1H3,(H,19,22)(H,20,24)/t11-,17-/m1/s1. The van der Waals surface area contributed by atoms with Gasteiger partial charge in [0.1, 0.15) is 12.1 Å². The van der Waals surface area contributed by atoms with E-state index >= 15 is 0 Å². The third-order valence-corrected chi connectivity index (χ3v) is 5.28. The van der Waals surface area contributed by atoms with Gasteiger partial charge in [-0.25, -0.2) is 4.79 Å². The highest BCUT2D eigenvalue weighted by Crippen LogP contribution is 2.38. The van der Waals surface area contributed by atoms with Crippen LogP contribution in [0.25, 0.3) is 0 Å². The number of hydrogen-bond acceptors (Lipinski definition) is 3. The number of rotatable bonds is 3. The molecule has 128 valence electrons. The molecule has 0 unspecified atom stereocenters. The maximum Gasteiger partial charge on any atom is 0.325 e. The Bertz CT molecular complexity index is 693. The fraction of sp³-hybridized carbons (Fsp3) is 0.471. The van der Waals surface area contributed by atoms with Crippen molar-refractivity contribution in [3.8, 4) is 0 Å². The van der Waals surface area contributed by atoms with Gasteiger partial charge in [0.05, 0.1) is 10.7 Å². The number of halogens is 1. The molecule has 6 nitrogen and oxygen atoms in total. The summed E-state index contributed by atoms with van der Waals surface area (Å²) in [4.78, 5) is 38.3. The lowest BCUT2D eigenvalue weighted by atomic mass is 9.73. The second-order valence-electron chi connectivity index (χ2n) is 6.47. The van der Waals surface area contributed by atoms with E-state index in [1.54, 1.807) is 24.3 Å². The topological polar surface area (TPSA) is 78.5 Å². The zero-order valence-electron chi connectivity index (χ0n) is 13.5. The zero-order valence-corrected chi connectivity index (χ0v) is 14.2. The zero-order chi connectivity index (χ0) is 17.3. The molecular weight excluding hydrogens is 330 g/mol. The van der Waals surface area contributed by atoms with Crippen molar-refractivity contribution < 1.29 is 14.4 Å². The predicted octanol–water partition coefficient (Wildman–Crippen LogP) is 2.78. The van der Waals surface area contributed by atoms with Gasteiger partial charge >= 0.3 is 6.03 Å². The van der Waals surface area contributed by atoms with Gasteiger partial charge in [-0.2, -0.15) is 0 Å². The number of hydrogen-bond donors (Lipinski definition) is 2. The van der Waals surface area contributed by atoms with Crippen molar-refractivity contribution in [1.82, 2.24) is 10.2 Å². The Balaban J connectivity index is 1.71. The van der Waals surface area contributed by atoms with Crippen molar-refractivity contribution in [1.29, 1.82) is 0 Å². The highest BCUT2D eigenvalue weighted by Gasteiger charge is 2.55. The van der Waals surface area contributed by atoms with Crippen molar-refractivity contribution in [2.45, 2.75) is 38.1 Å². The first-order chi connectivity index (χ1) is 11.4. The summed E-state index contributed by atoms with van der Waals surface area (Å²) in [5, 5.41) is 5.87. The van der Waals surface area contributed by atoms with Crippen molar-refractivity contribution >= 4 is 35.1 Å². The Kier molecular flexibility index (Phi) is 4.49. The third-order valence-electron chi connectivity index (χ3n) is 4.95. The summed E-state index contributed by atoms with van der Waals surface area (Å²) in [6.45, 7) is 1.66. The van der Waals surface area contributed by atoms with E-state index < -0.39 is 17.5 Å². The molecule has 2 aliphatic rings. The fourth-order valence-electron chi connectivity index (χ4n) is 3.53. The first-order valence-corrected chi connectivity index (χ1v) is 8.50. The van der Waals surface area contributed by atoms with Crippen LogP contribution in [0.1, 0.15) is 32.6 Å². The number of nitrogens with one attached hydrogen (secondary N) is 2. The normalized spacial score (nSPS) is 26.6. The van der Waals surface area contributed by atoms with Crippen LogP contribution in [0, 0.1) is 5.92 Å². The number of carbonyl (C=O) groups excluding carboxylic acids is 3. The second kappa shape index (κ2) is 6.43. The molecule has 0 radical (unpaired) electrons. The molecule has 2 atom stereocenters. The molecule has 7 heteroatoms. The number of benzene rings is 1. The number of amides is 4. The van der Waals surface area contributed by atoms with E-state index in [4.69, 9.17) is 11.6 Å². The molecule has 2 fully saturated rings. The monoisotopic (exact) mass is 349 g/mol. The largest absolute Gasteiger partial charge is 0.325 e. The molecule has 1 spiro atoms. The van der Waals surface area contributed by atoms with Crippen LogP contribution < -0.4 is 10.6 Å². The molecule has 1 saturated carbocycles.